The molecule has 0 radical (unpaired) electrons. The molecule has 1 aromatic rings. The van der Waals surface area contributed by atoms with Crippen molar-refractivity contribution in [3.05, 3.63) is 5.82 Å². The van der Waals surface area contributed by atoms with Crippen LogP contribution in [0, 0.1) is 5.92 Å². The Morgan fingerprint density at radius 3 is 2.48 bits per heavy atom. The average Bonchev–Trinajstić information content (AvgIpc) is 3.43. The fourth-order valence-corrected chi connectivity index (χ4v) is 5.11. The summed E-state index contributed by atoms with van der Waals surface area (Å²) in [5, 5.41) is 12.8. The standard InChI is InChI=1S/C20H36N6O/c1-16(2)14-19(20-21-22-23-26(20)15-18-8-5-13-27-18)25-11-9-24(10-12-25)17-6-3-4-7-17/h16-19H,3-15H2,1-2H3/t18-,19+/m0/s1. The number of hydrogen-bond donors (Lipinski definition) is 0. The van der Waals surface area contributed by atoms with Gasteiger partial charge in [0.05, 0.1) is 18.7 Å². The zero-order valence-electron chi connectivity index (χ0n) is 17.1. The summed E-state index contributed by atoms with van der Waals surface area (Å²) in [5.41, 5.74) is 0. The molecule has 0 spiro atoms. The molecule has 0 aromatic carbocycles. The van der Waals surface area contributed by atoms with E-state index in [1.807, 2.05) is 4.68 Å². The number of rotatable bonds is 7. The van der Waals surface area contributed by atoms with Crippen LogP contribution in [0.5, 0.6) is 0 Å². The highest BCUT2D eigenvalue weighted by Gasteiger charge is 2.33. The van der Waals surface area contributed by atoms with Gasteiger partial charge in [-0.25, -0.2) is 4.68 Å². The second kappa shape index (κ2) is 8.97. The predicted molar refractivity (Wildman–Crippen MR) is 104 cm³/mol. The maximum absolute atomic E-state index is 5.82. The predicted octanol–water partition coefficient (Wildman–Crippen LogP) is 2.50. The molecule has 1 saturated carbocycles. The Morgan fingerprint density at radius 2 is 1.81 bits per heavy atom. The fraction of sp³-hybridized carbons (Fsp3) is 0.950. The number of hydrogen-bond acceptors (Lipinski definition) is 6. The highest BCUT2D eigenvalue weighted by Crippen LogP contribution is 2.30. The van der Waals surface area contributed by atoms with Crippen molar-refractivity contribution in [1.29, 1.82) is 0 Å². The summed E-state index contributed by atoms with van der Waals surface area (Å²) in [5.74, 6) is 1.66. The van der Waals surface area contributed by atoms with Gasteiger partial charge in [0.25, 0.3) is 0 Å². The molecule has 7 nitrogen and oxygen atoms in total. The lowest BCUT2D eigenvalue weighted by atomic mass is 10.0. The van der Waals surface area contributed by atoms with Crippen molar-refractivity contribution in [2.45, 2.75) is 83.5 Å². The van der Waals surface area contributed by atoms with Crippen LogP contribution in [0.4, 0.5) is 0 Å². The average molecular weight is 377 g/mol. The van der Waals surface area contributed by atoms with Gasteiger partial charge >= 0.3 is 0 Å². The maximum atomic E-state index is 5.82. The van der Waals surface area contributed by atoms with Crippen molar-refractivity contribution in [2.24, 2.45) is 5.92 Å². The minimum atomic E-state index is 0.270. The molecule has 3 fully saturated rings. The van der Waals surface area contributed by atoms with Crippen LogP contribution in [0.1, 0.15) is 70.7 Å². The Hall–Kier alpha value is -1.05. The van der Waals surface area contributed by atoms with Crippen molar-refractivity contribution >= 4 is 0 Å². The lowest BCUT2D eigenvalue weighted by Crippen LogP contribution is -2.51. The first-order chi connectivity index (χ1) is 13.2. The molecule has 2 aliphatic heterocycles. The summed E-state index contributed by atoms with van der Waals surface area (Å²) in [4.78, 5) is 5.36. The monoisotopic (exact) mass is 376 g/mol. The third kappa shape index (κ3) is 4.69. The van der Waals surface area contributed by atoms with Crippen molar-refractivity contribution in [2.75, 3.05) is 32.8 Å². The molecule has 0 unspecified atom stereocenters. The van der Waals surface area contributed by atoms with Gasteiger partial charge in [-0.3, -0.25) is 9.80 Å². The summed E-state index contributed by atoms with van der Waals surface area (Å²) in [6, 6.07) is 1.15. The molecule has 4 rings (SSSR count). The van der Waals surface area contributed by atoms with E-state index in [0.717, 1.165) is 57.4 Å². The molecule has 7 heteroatoms. The van der Waals surface area contributed by atoms with E-state index < -0.39 is 0 Å². The van der Waals surface area contributed by atoms with Gasteiger partial charge in [-0.05, 0) is 48.4 Å². The molecule has 3 aliphatic rings. The van der Waals surface area contributed by atoms with Crippen LogP contribution in [0.3, 0.4) is 0 Å². The topological polar surface area (TPSA) is 59.3 Å². The second-order valence-corrected chi connectivity index (χ2v) is 9.01. The van der Waals surface area contributed by atoms with E-state index in [1.165, 1.54) is 38.8 Å². The van der Waals surface area contributed by atoms with Gasteiger partial charge in [-0.2, -0.15) is 0 Å². The molecule has 3 heterocycles. The smallest absolute Gasteiger partial charge is 0.168 e. The first-order valence-corrected chi connectivity index (χ1v) is 11.1. The third-order valence-electron chi connectivity index (χ3n) is 6.58. The van der Waals surface area contributed by atoms with Crippen LogP contribution in [-0.2, 0) is 11.3 Å². The Labute approximate surface area is 163 Å². The van der Waals surface area contributed by atoms with E-state index in [1.54, 1.807) is 0 Å². The quantitative estimate of drug-likeness (QED) is 0.729. The lowest BCUT2D eigenvalue weighted by molar-refractivity contribution is 0.0552. The van der Waals surface area contributed by atoms with E-state index in [9.17, 15) is 0 Å². The molecular weight excluding hydrogens is 340 g/mol. The number of ether oxygens (including phenoxy) is 1. The van der Waals surface area contributed by atoms with Gasteiger partial charge < -0.3 is 4.74 Å². The Balaban J connectivity index is 1.43. The molecule has 1 aromatic heterocycles. The van der Waals surface area contributed by atoms with E-state index >= 15 is 0 Å². The normalized spacial score (nSPS) is 27.0. The first kappa shape index (κ1) is 19.3. The van der Waals surface area contributed by atoms with Crippen molar-refractivity contribution in [3.8, 4) is 0 Å². The van der Waals surface area contributed by atoms with E-state index in [0.29, 0.717) is 12.0 Å². The molecular formula is C20H36N6O. The number of tetrazole rings is 1. The van der Waals surface area contributed by atoms with Gasteiger partial charge in [0.1, 0.15) is 0 Å². The third-order valence-corrected chi connectivity index (χ3v) is 6.58. The number of aromatic nitrogens is 4. The van der Waals surface area contributed by atoms with Gasteiger partial charge in [0, 0.05) is 38.8 Å². The van der Waals surface area contributed by atoms with E-state index in [-0.39, 0.29) is 6.10 Å². The largest absolute Gasteiger partial charge is 0.376 e. The van der Waals surface area contributed by atoms with Crippen LogP contribution in [0.2, 0.25) is 0 Å². The molecule has 2 atom stereocenters. The summed E-state index contributed by atoms with van der Waals surface area (Å²) < 4.78 is 7.84. The molecule has 152 valence electrons. The van der Waals surface area contributed by atoms with Gasteiger partial charge in [-0.1, -0.05) is 26.7 Å². The summed E-state index contributed by atoms with van der Waals surface area (Å²) in [6.07, 6.45) is 9.28. The SMILES string of the molecule is CC(C)C[C@H](c1nnnn1C[C@@H]1CCCO1)N1CCN(C2CCCC2)CC1. The molecule has 1 aliphatic carbocycles. The lowest BCUT2D eigenvalue weighted by Gasteiger charge is -2.41. The van der Waals surface area contributed by atoms with Crippen LogP contribution in [0.25, 0.3) is 0 Å². The fourth-order valence-electron chi connectivity index (χ4n) is 5.11. The molecule has 0 bridgehead atoms. The van der Waals surface area contributed by atoms with E-state index in [4.69, 9.17) is 4.74 Å². The highest BCUT2D eigenvalue weighted by molar-refractivity contribution is 4.97. The number of nitrogens with zero attached hydrogens (tertiary/aromatic N) is 6. The first-order valence-electron chi connectivity index (χ1n) is 11.1. The Bertz CT molecular complexity index is 571. The zero-order chi connectivity index (χ0) is 18.6. The van der Waals surface area contributed by atoms with Crippen molar-refractivity contribution < 1.29 is 4.74 Å². The van der Waals surface area contributed by atoms with Crippen LogP contribution in [0.15, 0.2) is 0 Å². The maximum Gasteiger partial charge on any atom is 0.168 e. The van der Waals surface area contributed by atoms with Crippen LogP contribution >= 0.6 is 0 Å². The summed E-state index contributed by atoms with van der Waals surface area (Å²) in [7, 11) is 0. The van der Waals surface area contributed by atoms with Crippen LogP contribution < -0.4 is 0 Å². The summed E-state index contributed by atoms with van der Waals surface area (Å²) >= 11 is 0. The highest BCUT2D eigenvalue weighted by atomic mass is 16.5. The molecule has 27 heavy (non-hydrogen) atoms. The molecule has 0 amide bonds. The minimum absolute atomic E-state index is 0.270. The van der Waals surface area contributed by atoms with Gasteiger partial charge in [0.2, 0.25) is 0 Å². The molecule has 0 N–H and O–H groups in total. The zero-order valence-corrected chi connectivity index (χ0v) is 17.1. The van der Waals surface area contributed by atoms with E-state index in [2.05, 4.69) is 39.2 Å². The molecule has 2 saturated heterocycles. The number of piperazine rings is 1. The van der Waals surface area contributed by atoms with Crippen LogP contribution in [-0.4, -0.2) is 74.9 Å². The minimum Gasteiger partial charge on any atom is -0.376 e. The summed E-state index contributed by atoms with van der Waals surface area (Å²) in [6.45, 7) is 10.9. The van der Waals surface area contributed by atoms with Crippen molar-refractivity contribution in [1.82, 2.24) is 30.0 Å². The van der Waals surface area contributed by atoms with Gasteiger partial charge in [0.15, 0.2) is 5.82 Å². The van der Waals surface area contributed by atoms with Gasteiger partial charge in [-0.15, -0.1) is 5.10 Å². The Kier molecular flexibility index (Phi) is 6.40. The Morgan fingerprint density at radius 1 is 1.04 bits per heavy atom. The second-order valence-electron chi connectivity index (χ2n) is 9.01. The van der Waals surface area contributed by atoms with Crippen molar-refractivity contribution in [3.63, 3.8) is 0 Å².